The normalized spacial score (nSPS) is 16.4. The predicted molar refractivity (Wildman–Crippen MR) is 103 cm³/mol. The standard InChI is InChI=1S/C16H32N4O2.2ClH/c1-4-19(5-2)16(22)13-18-9-6-10-20(12-11-18)15(21)8-7-14(3)17;;/h14H,4-13,17H2,1-3H3;2*1H. The van der Waals surface area contributed by atoms with E-state index in [9.17, 15) is 9.59 Å². The molecule has 1 fully saturated rings. The van der Waals surface area contributed by atoms with Gasteiger partial charge in [-0.3, -0.25) is 14.5 Å². The number of hydrogen-bond donors (Lipinski definition) is 1. The van der Waals surface area contributed by atoms with Crippen molar-refractivity contribution in [3.05, 3.63) is 0 Å². The van der Waals surface area contributed by atoms with Crippen LogP contribution in [0.3, 0.4) is 0 Å². The SMILES string of the molecule is CCN(CC)C(=O)CN1CCCN(C(=O)CCC(C)N)CC1.Cl.Cl. The average molecular weight is 385 g/mol. The third kappa shape index (κ3) is 9.06. The van der Waals surface area contributed by atoms with Crippen LogP contribution in [0.2, 0.25) is 0 Å². The van der Waals surface area contributed by atoms with Gasteiger partial charge >= 0.3 is 0 Å². The molecule has 144 valence electrons. The second-order valence-electron chi connectivity index (χ2n) is 6.09. The second kappa shape index (κ2) is 13.7. The second-order valence-corrected chi connectivity index (χ2v) is 6.09. The number of carbonyl (C=O) groups excluding carboxylic acids is 2. The fourth-order valence-electron chi connectivity index (χ4n) is 2.76. The average Bonchev–Trinajstić information content (AvgIpc) is 2.71. The zero-order chi connectivity index (χ0) is 16.5. The van der Waals surface area contributed by atoms with E-state index in [1.54, 1.807) is 0 Å². The lowest BCUT2D eigenvalue weighted by molar-refractivity contribution is -0.132. The van der Waals surface area contributed by atoms with Crippen LogP contribution in [0, 0.1) is 0 Å². The maximum Gasteiger partial charge on any atom is 0.236 e. The number of nitrogens with zero attached hydrogens (tertiary/aromatic N) is 3. The summed E-state index contributed by atoms with van der Waals surface area (Å²) in [6.07, 6.45) is 2.19. The van der Waals surface area contributed by atoms with Crippen molar-refractivity contribution in [1.29, 1.82) is 0 Å². The first-order chi connectivity index (χ1) is 10.5. The maximum absolute atomic E-state index is 12.2. The Bertz CT molecular complexity index is 366. The number of carbonyl (C=O) groups is 2. The van der Waals surface area contributed by atoms with Gasteiger partial charge in [0.05, 0.1) is 6.54 Å². The lowest BCUT2D eigenvalue weighted by Crippen LogP contribution is -2.42. The van der Waals surface area contributed by atoms with E-state index in [2.05, 4.69) is 4.90 Å². The smallest absolute Gasteiger partial charge is 0.236 e. The van der Waals surface area contributed by atoms with Crippen molar-refractivity contribution in [2.45, 2.75) is 46.1 Å². The summed E-state index contributed by atoms with van der Waals surface area (Å²) in [4.78, 5) is 30.3. The molecular weight excluding hydrogens is 351 g/mol. The van der Waals surface area contributed by atoms with Gasteiger partial charge in [0, 0.05) is 51.7 Å². The van der Waals surface area contributed by atoms with Gasteiger partial charge < -0.3 is 15.5 Å². The number of rotatable bonds is 7. The Morgan fingerprint density at radius 1 is 1.08 bits per heavy atom. The summed E-state index contributed by atoms with van der Waals surface area (Å²) in [6.45, 7) is 11.1. The number of likely N-dealkylation sites (N-methyl/N-ethyl adjacent to an activating group) is 1. The molecule has 1 atom stereocenters. The summed E-state index contributed by atoms with van der Waals surface area (Å²) in [5.74, 6) is 0.371. The Morgan fingerprint density at radius 2 is 1.71 bits per heavy atom. The zero-order valence-electron chi connectivity index (χ0n) is 15.2. The minimum atomic E-state index is 0. The molecule has 0 aromatic heterocycles. The highest BCUT2D eigenvalue weighted by molar-refractivity contribution is 5.85. The molecule has 0 spiro atoms. The van der Waals surface area contributed by atoms with E-state index in [4.69, 9.17) is 5.73 Å². The molecule has 0 bridgehead atoms. The molecule has 24 heavy (non-hydrogen) atoms. The van der Waals surface area contributed by atoms with Gasteiger partial charge in [0.25, 0.3) is 0 Å². The van der Waals surface area contributed by atoms with Crippen molar-refractivity contribution >= 4 is 36.6 Å². The molecule has 0 aromatic rings. The van der Waals surface area contributed by atoms with E-state index in [0.717, 1.165) is 45.6 Å². The summed E-state index contributed by atoms with van der Waals surface area (Å²) >= 11 is 0. The Hall–Kier alpha value is -0.560. The predicted octanol–water partition coefficient (Wildman–Crippen LogP) is 1.36. The summed E-state index contributed by atoms with van der Waals surface area (Å²) < 4.78 is 0. The number of hydrogen-bond acceptors (Lipinski definition) is 4. The van der Waals surface area contributed by atoms with Gasteiger partial charge in [-0.2, -0.15) is 0 Å². The molecule has 1 aliphatic heterocycles. The van der Waals surface area contributed by atoms with Crippen molar-refractivity contribution in [1.82, 2.24) is 14.7 Å². The highest BCUT2D eigenvalue weighted by Crippen LogP contribution is 2.07. The Kier molecular flexibility index (Phi) is 14.7. The molecular formula is C16H34Cl2N4O2. The molecule has 2 N–H and O–H groups in total. The Morgan fingerprint density at radius 3 is 2.25 bits per heavy atom. The van der Waals surface area contributed by atoms with Crippen molar-refractivity contribution in [3.63, 3.8) is 0 Å². The van der Waals surface area contributed by atoms with Crippen molar-refractivity contribution in [3.8, 4) is 0 Å². The van der Waals surface area contributed by atoms with Gasteiger partial charge in [-0.25, -0.2) is 0 Å². The van der Waals surface area contributed by atoms with Gasteiger partial charge in [0.2, 0.25) is 11.8 Å². The molecule has 8 heteroatoms. The van der Waals surface area contributed by atoms with Crippen LogP contribution in [-0.2, 0) is 9.59 Å². The number of nitrogens with two attached hydrogens (primary N) is 1. The molecule has 1 aliphatic rings. The van der Waals surface area contributed by atoms with Crippen LogP contribution in [0.25, 0.3) is 0 Å². The topological polar surface area (TPSA) is 69.9 Å². The van der Waals surface area contributed by atoms with Crippen molar-refractivity contribution in [2.75, 3.05) is 45.8 Å². The maximum atomic E-state index is 12.2. The molecule has 6 nitrogen and oxygen atoms in total. The number of amides is 2. The highest BCUT2D eigenvalue weighted by atomic mass is 35.5. The minimum absolute atomic E-state index is 0. The number of halogens is 2. The molecule has 0 aliphatic carbocycles. The Labute approximate surface area is 158 Å². The summed E-state index contributed by atoms with van der Waals surface area (Å²) in [5.41, 5.74) is 5.71. The summed E-state index contributed by atoms with van der Waals surface area (Å²) in [6, 6.07) is 0.0686. The fourth-order valence-corrected chi connectivity index (χ4v) is 2.76. The van der Waals surface area contributed by atoms with Gasteiger partial charge in [-0.1, -0.05) is 0 Å². The van der Waals surface area contributed by atoms with Gasteiger partial charge in [-0.05, 0) is 33.6 Å². The first-order valence-electron chi connectivity index (χ1n) is 8.51. The van der Waals surface area contributed by atoms with Gasteiger partial charge in [0.1, 0.15) is 0 Å². The van der Waals surface area contributed by atoms with Crippen LogP contribution in [0.4, 0.5) is 0 Å². The van der Waals surface area contributed by atoms with E-state index in [1.807, 2.05) is 30.6 Å². The van der Waals surface area contributed by atoms with E-state index in [-0.39, 0.29) is 42.7 Å². The largest absolute Gasteiger partial charge is 0.342 e. The van der Waals surface area contributed by atoms with Crippen LogP contribution in [0.5, 0.6) is 0 Å². The lowest BCUT2D eigenvalue weighted by Gasteiger charge is -2.25. The van der Waals surface area contributed by atoms with Gasteiger partial charge in [0.15, 0.2) is 0 Å². The quantitative estimate of drug-likeness (QED) is 0.719. The monoisotopic (exact) mass is 384 g/mol. The molecule has 1 rings (SSSR count). The van der Waals surface area contributed by atoms with Crippen LogP contribution in [0.15, 0.2) is 0 Å². The Balaban J connectivity index is 0. The molecule has 0 saturated carbocycles. The van der Waals surface area contributed by atoms with E-state index in [1.165, 1.54) is 0 Å². The highest BCUT2D eigenvalue weighted by Gasteiger charge is 2.21. The van der Waals surface area contributed by atoms with Crippen LogP contribution >= 0.6 is 24.8 Å². The third-order valence-electron chi connectivity index (χ3n) is 4.23. The van der Waals surface area contributed by atoms with E-state index >= 15 is 0 Å². The first kappa shape index (κ1) is 25.7. The molecule has 1 unspecified atom stereocenters. The van der Waals surface area contributed by atoms with Crippen molar-refractivity contribution < 1.29 is 9.59 Å². The van der Waals surface area contributed by atoms with E-state index < -0.39 is 0 Å². The first-order valence-corrected chi connectivity index (χ1v) is 8.51. The molecule has 2 amide bonds. The summed E-state index contributed by atoms with van der Waals surface area (Å²) in [5, 5.41) is 0. The van der Waals surface area contributed by atoms with Crippen LogP contribution in [0.1, 0.15) is 40.0 Å². The minimum Gasteiger partial charge on any atom is -0.342 e. The third-order valence-corrected chi connectivity index (χ3v) is 4.23. The van der Waals surface area contributed by atoms with Crippen LogP contribution in [-0.4, -0.2) is 78.4 Å². The summed E-state index contributed by atoms with van der Waals surface area (Å²) in [7, 11) is 0. The molecule has 0 radical (unpaired) electrons. The zero-order valence-corrected chi connectivity index (χ0v) is 16.8. The lowest BCUT2D eigenvalue weighted by atomic mass is 10.2. The molecule has 1 heterocycles. The van der Waals surface area contributed by atoms with Crippen molar-refractivity contribution in [2.24, 2.45) is 5.73 Å². The van der Waals surface area contributed by atoms with Gasteiger partial charge in [-0.15, -0.1) is 24.8 Å². The van der Waals surface area contributed by atoms with Crippen LogP contribution < -0.4 is 5.73 Å². The fraction of sp³-hybridized carbons (Fsp3) is 0.875. The van der Waals surface area contributed by atoms with E-state index in [0.29, 0.717) is 19.5 Å². The molecule has 1 saturated heterocycles. The molecule has 0 aromatic carbocycles.